The number of aromatic nitrogens is 1. The van der Waals surface area contributed by atoms with Crippen molar-refractivity contribution >= 4 is 23.3 Å². The van der Waals surface area contributed by atoms with Gasteiger partial charge in [0.05, 0.1) is 16.7 Å². The first-order valence-corrected chi connectivity index (χ1v) is 10.4. The van der Waals surface area contributed by atoms with E-state index in [2.05, 4.69) is 60.3 Å². The highest BCUT2D eigenvalue weighted by Crippen LogP contribution is 2.67. The SMILES string of the molecule is Cc1ccc2c3c1O[C@H]1c4[nH]c5ccccc5c4C[C@@]4(O)[C@@H](C2)N(C)CC[C@]314.Cl. The summed E-state index contributed by atoms with van der Waals surface area (Å²) in [6, 6.07) is 13.1. The maximum Gasteiger partial charge on any atom is 0.151 e. The highest BCUT2D eigenvalue weighted by Gasteiger charge is 2.72. The Morgan fingerprint density at radius 1 is 1.21 bits per heavy atom. The van der Waals surface area contributed by atoms with Crippen molar-refractivity contribution in [2.45, 2.75) is 49.3 Å². The summed E-state index contributed by atoms with van der Waals surface area (Å²) in [7, 11) is 2.17. The van der Waals surface area contributed by atoms with Crippen LogP contribution in [0.25, 0.3) is 10.9 Å². The van der Waals surface area contributed by atoms with E-state index in [9.17, 15) is 5.11 Å². The molecular formula is C24H25ClN2O2. The molecule has 2 aliphatic carbocycles. The van der Waals surface area contributed by atoms with Gasteiger partial charge in [-0.3, -0.25) is 0 Å². The van der Waals surface area contributed by atoms with E-state index in [0.29, 0.717) is 6.42 Å². The fourth-order valence-corrected chi connectivity index (χ4v) is 6.99. The molecule has 3 aromatic rings. The van der Waals surface area contributed by atoms with Gasteiger partial charge in [0.15, 0.2) is 6.10 Å². The lowest BCUT2D eigenvalue weighted by Crippen LogP contribution is -2.73. The van der Waals surface area contributed by atoms with Crippen LogP contribution in [0.4, 0.5) is 0 Å². The molecule has 0 unspecified atom stereocenters. The molecule has 5 heteroatoms. The van der Waals surface area contributed by atoms with E-state index >= 15 is 0 Å². The molecule has 1 spiro atoms. The first-order valence-electron chi connectivity index (χ1n) is 10.4. The Kier molecular flexibility index (Phi) is 3.30. The Labute approximate surface area is 176 Å². The van der Waals surface area contributed by atoms with E-state index in [4.69, 9.17) is 4.74 Å². The van der Waals surface area contributed by atoms with E-state index in [0.717, 1.165) is 30.7 Å². The van der Waals surface area contributed by atoms with Crippen LogP contribution < -0.4 is 4.74 Å². The number of likely N-dealkylation sites (N-methyl/N-ethyl adjacent to an activating group) is 1. The molecular weight excluding hydrogens is 384 g/mol. The van der Waals surface area contributed by atoms with Gasteiger partial charge in [0.2, 0.25) is 0 Å². The van der Waals surface area contributed by atoms with Crippen molar-refractivity contribution in [3.8, 4) is 5.75 Å². The van der Waals surface area contributed by atoms with Gasteiger partial charge in [-0.25, -0.2) is 0 Å². The number of nitrogens with zero attached hydrogens (tertiary/aromatic N) is 1. The van der Waals surface area contributed by atoms with Crippen LogP contribution in [-0.4, -0.2) is 40.2 Å². The minimum Gasteiger partial charge on any atom is -0.483 e. The quantitative estimate of drug-likeness (QED) is 0.594. The van der Waals surface area contributed by atoms with Crippen LogP contribution >= 0.6 is 12.4 Å². The number of likely N-dealkylation sites (tertiary alicyclic amines) is 1. The molecule has 0 amide bonds. The second-order valence-corrected chi connectivity index (χ2v) is 9.33. The summed E-state index contributed by atoms with van der Waals surface area (Å²) >= 11 is 0. The average molecular weight is 409 g/mol. The summed E-state index contributed by atoms with van der Waals surface area (Å²) in [6.07, 6.45) is 2.37. The smallest absolute Gasteiger partial charge is 0.151 e. The molecule has 4 nitrogen and oxygen atoms in total. The van der Waals surface area contributed by atoms with Crippen LogP contribution in [0, 0.1) is 6.92 Å². The molecule has 2 bridgehead atoms. The number of nitrogens with one attached hydrogen (secondary N) is 1. The predicted octanol–water partition coefficient (Wildman–Crippen LogP) is 3.82. The van der Waals surface area contributed by atoms with Crippen molar-refractivity contribution in [1.82, 2.24) is 9.88 Å². The molecule has 2 N–H and O–H groups in total. The Hall–Kier alpha value is -2.01. The maximum atomic E-state index is 12.5. The third-order valence-electron chi connectivity index (χ3n) is 8.25. The fourth-order valence-electron chi connectivity index (χ4n) is 6.99. The van der Waals surface area contributed by atoms with Crippen LogP contribution in [0.15, 0.2) is 36.4 Å². The van der Waals surface area contributed by atoms with Crippen LogP contribution in [-0.2, 0) is 18.3 Å². The van der Waals surface area contributed by atoms with Gasteiger partial charge in [-0.05, 0) is 56.1 Å². The Bertz CT molecular complexity index is 1190. The number of aryl methyl sites for hydroxylation is 1. The minimum absolute atomic E-state index is 0. The first kappa shape index (κ1) is 17.8. The van der Waals surface area contributed by atoms with Crippen molar-refractivity contribution in [2.24, 2.45) is 0 Å². The fraction of sp³-hybridized carbons (Fsp3) is 0.417. The van der Waals surface area contributed by atoms with Gasteiger partial charge in [0.25, 0.3) is 0 Å². The maximum absolute atomic E-state index is 12.5. The number of halogens is 1. The van der Waals surface area contributed by atoms with E-state index < -0.39 is 5.60 Å². The summed E-state index contributed by atoms with van der Waals surface area (Å²) in [5.74, 6) is 1.02. The highest BCUT2D eigenvalue weighted by molar-refractivity contribution is 5.86. The van der Waals surface area contributed by atoms with Gasteiger partial charge in [-0.2, -0.15) is 0 Å². The van der Waals surface area contributed by atoms with Crippen molar-refractivity contribution in [3.05, 3.63) is 64.3 Å². The molecule has 0 radical (unpaired) electrons. The van der Waals surface area contributed by atoms with Crippen LogP contribution in [0.2, 0.25) is 0 Å². The summed E-state index contributed by atoms with van der Waals surface area (Å²) in [5.41, 5.74) is 6.25. The summed E-state index contributed by atoms with van der Waals surface area (Å²) in [6.45, 7) is 3.13. The van der Waals surface area contributed by atoms with E-state index in [1.807, 2.05) is 0 Å². The van der Waals surface area contributed by atoms with Gasteiger partial charge in [-0.15, -0.1) is 12.4 Å². The number of para-hydroxylation sites is 1. The average Bonchev–Trinajstić information content (AvgIpc) is 3.22. The molecule has 1 fully saturated rings. The number of hydrogen-bond donors (Lipinski definition) is 2. The third kappa shape index (κ3) is 1.77. The molecule has 4 atom stereocenters. The second kappa shape index (κ2) is 5.37. The van der Waals surface area contributed by atoms with Crippen molar-refractivity contribution in [1.29, 1.82) is 0 Å². The summed E-state index contributed by atoms with van der Waals surface area (Å²) in [4.78, 5) is 6.06. The van der Waals surface area contributed by atoms with Crippen LogP contribution in [0.3, 0.4) is 0 Å². The van der Waals surface area contributed by atoms with E-state index in [1.165, 1.54) is 33.3 Å². The highest BCUT2D eigenvalue weighted by atomic mass is 35.5. The normalized spacial score (nSPS) is 33.6. The zero-order chi connectivity index (χ0) is 18.8. The largest absolute Gasteiger partial charge is 0.483 e. The van der Waals surface area contributed by atoms with Crippen molar-refractivity contribution < 1.29 is 9.84 Å². The molecule has 150 valence electrons. The van der Waals surface area contributed by atoms with Crippen molar-refractivity contribution in [3.63, 3.8) is 0 Å². The number of benzene rings is 2. The van der Waals surface area contributed by atoms with Gasteiger partial charge < -0.3 is 19.7 Å². The third-order valence-corrected chi connectivity index (χ3v) is 8.25. The van der Waals surface area contributed by atoms with Gasteiger partial charge >= 0.3 is 0 Å². The second-order valence-electron chi connectivity index (χ2n) is 9.33. The Morgan fingerprint density at radius 3 is 2.90 bits per heavy atom. The summed E-state index contributed by atoms with van der Waals surface area (Å²) in [5, 5.41) is 13.7. The van der Waals surface area contributed by atoms with Crippen LogP contribution in [0.5, 0.6) is 5.75 Å². The van der Waals surface area contributed by atoms with E-state index in [1.54, 1.807) is 0 Å². The van der Waals surface area contributed by atoms with Crippen LogP contribution in [0.1, 0.15) is 40.5 Å². The number of aromatic amines is 1. The Balaban J connectivity index is 0.00000165. The molecule has 29 heavy (non-hydrogen) atoms. The number of fused-ring (bicyclic) bond motifs is 4. The number of H-pyrrole nitrogens is 1. The zero-order valence-electron chi connectivity index (χ0n) is 16.7. The lowest BCUT2D eigenvalue weighted by molar-refractivity contribution is -0.167. The molecule has 0 saturated carbocycles. The Morgan fingerprint density at radius 2 is 2.03 bits per heavy atom. The number of rotatable bonds is 0. The monoisotopic (exact) mass is 408 g/mol. The topological polar surface area (TPSA) is 48.5 Å². The van der Waals surface area contributed by atoms with Gasteiger partial charge in [0, 0.05) is 28.9 Å². The lowest BCUT2D eigenvalue weighted by Gasteiger charge is -2.62. The molecule has 2 aromatic carbocycles. The van der Waals surface area contributed by atoms with Gasteiger partial charge in [0.1, 0.15) is 5.75 Å². The molecule has 2 aliphatic heterocycles. The molecule has 4 aliphatic rings. The molecule has 1 saturated heterocycles. The number of aliphatic hydroxyl groups is 1. The number of ether oxygens (including phenoxy) is 1. The zero-order valence-corrected chi connectivity index (χ0v) is 17.5. The number of piperidine rings is 1. The first-order chi connectivity index (χ1) is 13.5. The van der Waals surface area contributed by atoms with Gasteiger partial charge in [-0.1, -0.05) is 30.3 Å². The molecule has 7 rings (SSSR count). The summed E-state index contributed by atoms with van der Waals surface area (Å²) < 4.78 is 6.76. The molecule has 1 aromatic heterocycles. The minimum atomic E-state index is -0.811. The molecule has 3 heterocycles. The van der Waals surface area contributed by atoms with E-state index in [-0.39, 0.29) is 30.0 Å². The van der Waals surface area contributed by atoms with Crippen molar-refractivity contribution in [2.75, 3.05) is 13.6 Å². The standard InChI is InChI=1S/C24H24N2O2.ClH/c1-13-7-8-14-11-18-24(27)12-16-15-5-3-4-6-17(15)25-20(16)22-23(24,9-10-26(18)2)19(14)21(13)28-22;/h3-8,18,22,25,27H,9-12H2,1-2H3;1H/t18-,22+,23+,24-;/m1./s1. The lowest BCUT2D eigenvalue weighted by atomic mass is 9.49. The number of hydrogen-bond acceptors (Lipinski definition) is 3. The predicted molar refractivity (Wildman–Crippen MR) is 115 cm³/mol.